The highest BCUT2D eigenvalue weighted by Gasteiger charge is 2.39. The third-order valence-electron chi connectivity index (χ3n) is 7.61. The first kappa shape index (κ1) is 25.0. The molecule has 0 radical (unpaired) electrons. The van der Waals surface area contributed by atoms with Crippen LogP contribution in [0.3, 0.4) is 0 Å². The fraction of sp³-hybridized carbons (Fsp3) is 0.462. The van der Waals surface area contributed by atoms with E-state index in [-0.39, 0.29) is 17.5 Å². The molecule has 8 nitrogen and oxygen atoms in total. The summed E-state index contributed by atoms with van der Waals surface area (Å²) in [6, 6.07) is 1.72. The molecule has 11 heteroatoms. The van der Waals surface area contributed by atoms with Crippen molar-refractivity contribution in [1.29, 1.82) is 10.8 Å². The molecular weight excluding hydrogens is 483 g/mol. The number of nitrogens with one attached hydrogen (secondary N) is 2. The number of halogens is 3. The van der Waals surface area contributed by atoms with Crippen LogP contribution in [0, 0.1) is 16.7 Å². The lowest BCUT2D eigenvalue weighted by atomic mass is 9.83. The molecule has 2 fully saturated rings. The van der Waals surface area contributed by atoms with Crippen LogP contribution in [0.5, 0.6) is 0 Å². The van der Waals surface area contributed by atoms with E-state index >= 15 is 0 Å². The van der Waals surface area contributed by atoms with Crippen LogP contribution in [0.15, 0.2) is 12.3 Å². The molecule has 0 unspecified atom stereocenters. The number of hydrogen-bond donors (Lipinski definition) is 4. The summed E-state index contributed by atoms with van der Waals surface area (Å²) < 4.78 is 40.8. The predicted octanol–water partition coefficient (Wildman–Crippen LogP) is 3.63. The lowest BCUT2D eigenvalue weighted by molar-refractivity contribution is -0.132. The highest BCUT2D eigenvalue weighted by molar-refractivity contribution is 6.25. The first-order valence-electron chi connectivity index (χ1n) is 12.6. The number of nitrogen functional groups attached to an aromatic ring is 1. The third kappa shape index (κ3) is 4.40. The number of aryl methyl sites for hydroxylation is 1. The van der Waals surface area contributed by atoms with E-state index in [1.54, 1.807) is 6.07 Å². The molecule has 37 heavy (non-hydrogen) atoms. The first-order valence-corrected chi connectivity index (χ1v) is 12.6. The Labute approximate surface area is 212 Å². The van der Waals surface area contributed by atoms with Gasteiger partial charge in [-0.1, -0.05) is 0 Å². The molecule has 1 saturated heterocycles. The van der Waals surface area contributed by atoms with Crippen molar-refractivity contribution >= 4 is 45.7 Å². The van der Waals surface area contributed by atoms with Gasteiger partial charge in [0.1, 0.15) is 5.71 Å². The van der Waals surface area contributed by atoms with Crippen molar-refractivity contribution < 1.29 is 18.0 Å². The number of alkyl halides is 3. The standard InChI is InChI=1S/C26H30F3N7O/c27-26(28,29)24(33)18(13-31)22-16-4-2-1-3-15(16)21-17(12-30)19(32)11-20(23(21)34-22)35-7-9-36(10-8-35)25(37)14-5-6-14/h11-14,30,33H,1-10,31-32H2/b18-13-,30-12?,33-24?. The number of allylic oxidation sites excluding steroid dienone is 1. The summed E-state index contributed by atoms with van der Waals surface area (Å²) in [6.45, 7) is 2.13. The molecule has 0 atom stereocenters. The van der Waals surface area contributed by atoms with E-state index in [1.165, 1.54) is 6.21 Å². The second-order valence-corrected chi connectivity index (χ2v) is 9.93. The number of piperazine rings is 1. The van der Waals surface area contributed by atoms with E-state index in [1.807, 2.05) is 4.90 Å². The van der Waals surface area contributed by atoms with Gasteiger partial charge in [0.15, 0.2) is 0 Å². The van der Waals surface area contributed by atoms with Gasteiger partial charge in [0, 0.05) is 66.7 Å². The number of pyridine rings is 1. The molecule has 1 aromatic carbocycles. The van der Waals surface area contributed by atoms with Gasteiger partial charge in [-0.3, -0.25) is 10.2 Å². The monoisotopic (exact) mass is 513 g/mol. The van der Waals surface area contributed by atoms with Crippen LogP contribution < -0.4 is 16.4 Å². The summed E-state index contributed by atoms with van der Waals surface area (Å²) in [4.78, 5) is 21.2. The number of amides is 1. The van der Waals surface area contributed by atoms with Gasteiger partial charge in [-0.05, 0) is 55.7 Å². The fourth-order valence-electron chi connectivity index (χ4n) is 5.54. The first-order chi connectivity index (χ1) is 17.7. The number of carbonyl (C=O) groups excluding carboxylic acids is 1. The number of aromatic nitrogens is 1. The Hall–Kier alpha value is -3.63. The smallest absolute Gasteiger partial charge is 0.404 e. The summed E-state index contributed by atoms with van der Waals surface area (Å²) in [6.07, 6.45) is 1.70. The van der Waals surface area contributed by atoms with Gasteiger partial charge in [-0.2, -0.15) is 13.2 Å². The Balaban J connectivity index is 1.67. The molecule has 3 aliphatic rings. The van der Waals surface area contributed by atoms with Crippen LogP contribution in [0.4, 0.5) is 24.5 Å². The highest BCUT2D eigenvalue weighted by atomic mass is 19.4. The van der Waals surface area contributed by atoms with Crippen molar-refractivity contribution in [2.75, 3.05) is 36.8 Å². The van der Waals surface area contributed by atoms with Gasteiger partial charge < -0.3 is 26.7 Å². The lowest BCUT2D eigenvalue weighted by Gasteiger charge is -2.37. The van der Waals surface area contributed by atoms with E-state index in [0.29, 0.717) is 72.4 Å². The predicted molar refractivity (Wildman–Crippen MR) is 138 cm³/mol. The second-order valence-electron chi connectivity index (χ2n) is 9.93. The second kappa shape index (κ2) is 9.35. The molecule has 1 aliphatic heterocycles. The van der Waals surface area contributed by atoms with Crippen molar-refractivity contribution in [2.45, 2.75) is 44.7 Å². The molecule has 6 N–H and O–H groups in total. The molecular formula is C26H30F3N7O. The minimum atomic E-state index is -4.88. The Morgan fingerprint density at radius 1 is 1.11 bits per heavy atom. The number of benzene rings is 1. The van der Waals surface area contributed by atoms with Crippen LogP contribution in [0.25, 0.3) is 16.5 Å². The number of carbonyl (C=O) groups is 1. The van der Waals surface area contributed by atoms with Crippen molar-refractivity contribution in [3.63, 3.8) is 0 Å². The zero-order valence-corrected chi connectivity index (χ0v) is 20.4. The van der Waals surface area contributed by atoms with E-state index < -0.39 is 17.5 Å². The highest BCUT2D eigenvalue weighted by Crippen LogP contribution is 2.41. The summed E-state index contributed by atoms with van der Waals surface area (Å²) in [5, 5.41) is 16.5. The SMILES string of the molecule is N=Cc1c(N)cc(N2CCN(C(=O)C3CC3)CC2)c2nc(/C(=C/N)C(=N)C(F)(F)F)c3c(c12)CCCC3. The number of nitrogens with zero attached hydrogens (tertiary/aromatic N) is 3. The maximum atomic E-state index is 13.6. The molecule has 0 spiro atoms. The molecule has 1 amide bonds. The van der Waals surface area contributed by atoms with Gasteiger partial charge in [-0.15, -0.1) is 0 Å². The number of nitrogens with two attached hydrogens (primary N) is 2. The van der Waals surface area contributed by atoms with Gasteiger partial charge in [0.05, 0.1) is 16.9 Å². The van der Waals surface area contributed by atoms with Gasteiger partial charge >= 0.3 is 6.18 Å². The summed E-state index contributed by atoms with van der Waals surface area (Å²) in [7, 11) is 0. The summed E-state index contributed by atoms with van der Waals surface area (Å²) in [5.41, 5.74) is 13.6. The van der Waals surface area contributed by atoms with E-state index in [0.717, 1.165) is 37.4 Å². The van der Waals surface area contributed by atoms with E-state index in [9.17, 15) is 18.0 Å². The maximum absolute atomic E-state index is 13.6. The van der Waals surface area contributed by atoms with Crippen LogP contribution in [0.2, 0.25) is 0 Å². The number of fused-ring (bicyclic) bond motifs is 3. The normalized spacial score (nSPS) is 18.6. The molecule has 5 rings (SSSR count). The third-order valence-corrected chi connectivity index (χ3v) is 7.61. The largest absolute Gasteiger partial charge is 0.433 e. The van der Waals surface area contributed by atoms with Crippen LogP contribution in [-0.4, -0.2) is 60.1 Å². The Bertz CT molecular complexity index is 1320. The fourth-order valence-corrected chi connectivity index (χ4v) is 5.54. The topological polar surface area (TPSA) is 136 Å². The van der Waals surface area contributed by atoms with Crippen LogP contribution in [-0.2, 0) is 17.6 Å². The molecule has 2 heterocycles. The Morgan fingerprint density at radius 3 is 2.32 bits per heavy atom. The number of anilines is 2. The average molecular weight is 514 g/mol. The zero-order chi connectivity index (χ0) is 26.5. The average Bonchev–Trinajstić information content (AvgIpc) is 3.74. The summed E-state index contributed by atoms with van der Waals surface area (Å²) in [5.74, 6) is 0.317. The quantitative estimate of drug-likeness (QED) is 0.358. The molecule has 196 valence electrons. The maximum Gasteiger partial charge on any atom is 0.433 e. The van der Waals surface area contributed by atoms with Crippen LogP contribution in [0.1, 0.15) is 48.1 Å². The summed E-state index contributed by atoms with van der Waals surface area (Å²) >= 11 is 0. The van der Waals surface area contributed by atoms with Gasteiger partial charge in [-0.25, -0.2) is 4.98 Å². The minimum Gasteiger partial charge on any atom is -0.404 e. The Kier molecular flexibility index (Phi) is 6.33. The molecule has 1 aromatic heterocycles. The molecule has 1 saturated carbocycles. The molecule has 0 bridgehead atoms. The number of hydrogen-bond acceptors (Lipinski definition) is 7. The van der Waals surface area contributed by atoms with E-state index in [4.69, 9.17) is 27.3 Å². The number of rotatable bonds is 5. The molecule has 2 aromatic rings. The molecule has 2 aliphatic carbocycles. The van der Waals surface area contributed by atoms with Crippen molar-refractivity contribution in [3.05, 3.63) is 34.7 Å². The zero-order valence-electron chi connectivity index (χ0n) is 20.4. The van der Waals surface area contributed by atoms with E-state index in [2.05, 4.69) is 4.90 Å². The minimum absolute atomic E-state index is 0.0662. The van der Waals surface area contributed by atoms with Crippen molar-refractivity contribution in [3.8, 4) is 0 Å². The van der Waals surface area contributed by atoms with Crippen molar-refractivity contribution in [2.24, 2.45) is 11.7 Å². The van der Waals surface area contributed by atoms with Gasteiger partial charge in [0.25, 0.3) is 0 Å². The van der Waals surface area contributed by atoms with Gasteiger partial charge in [0.2, 0.25) is 5.91 Å². The van der Waals surface area contributed by atoms with Crippen LogP contribution >= 0.6 is 0 Å². The Morgan fingerprint density at radius 2 is 1.76 bits per heavy atom. The lowest BCUT2D eigenvalue weighted by Crippen LogP contribution is -2.49. The van der Waals surface area contributed by atoms with Crippen molar-refractivity contribution in [1.82, 2.24) is 9.88 Å².